The van der Waals surface area contributed by atoms with Crippen molar-refractivity contribution < 1.29 is 23.5 Å². The van der Waals surface area contributed by atoms with Gasteiger partial charge in [0.1, 0.15) is 5.76 Å². The van der Waals surface area contributed by atoms with E-state index in [1.54, 1.807) is 30.3 Å². The Morgan fingerprint density at radius 3 is 2.81 bits per heavy atom. The number of nitrogens with zero attached hydrogens (tertiary/aromatic N) is 1. The van der Waals surface area contributed by atoms with E-state index >= 15 is 0 Å². The molecule has 7 nitrogen and oxygen atoms in total. The lowest BCUT2D eigenvalue weighted by atomic mass is 10.1. The highest BCUT2D eigenvalue weighted by Gasteiger charge is 2.37. The molecule has 0 spiro atoms. The number of amides is 3. The van der Waals surface area contributed by atoms with Gasteiger partial charge in [0, 0.05) is 18.4 Å². The van der Waals surface area contributed by atoms with Crippen molar-refractivity contribution in [2.45, 2.75) is 18.9 Å². The van der Waals surface area contributed by atoms with Crippen LogP contribution in [0.25, 0.3) is 6.08 Å². The van der Waals surface area contributed by atoms with Gasteiger partial charge in [-0.05, 0) is 49.2 Å². The molecule has 1 aromatic carbocycles. The third-order valence-corrected chi connectivity index (χ3v) is 4.59. The van der Waals surface area contributed by atoms with Crippen molar-refractivity contribution in [2.24, 2.45) is 0 Å². The van der Waals surface area contributed by atoms with Crippen LogP contribution in [0.15, 0.2) is 47.1 Å². The molecule has 27 heavy (non-hydrogen) atoms. The van der Waals surface area contributed by atoms with Crippen LogP contribution in [0.5, 0.6) is 0 Å². The Hall–Kier alpha value is -3.19. The zero-order chi connectivity index (χ0) is 18.8. The Morgan fingerprint density at radius 2 is 2.07 bits per heavy atom. The molecule has 1 fully saturated rings. The number of hydrogen-bond donors (Lipinski definition) is 1. The van der Waals surface area contributed by atoms with E-state index in [4.69, 9.17) is 9.15 Å². The molecule has 3 heterocycles. The summed E-state index contributed by atoms with van der Waals surface area (Å²) in [6, 6.07) is 8.16. The van der Waals surface area contributed by atoms with Crippen molar-refractivity contribution in [1.82, 2.24) is 4.90 Å². The van der Waals surface area contributed by atoms with E-state index in [0.717, 1.165) is 12.8 Å². The number of ether oxygens (including phenoxy) is 1. The fraction of sp³-hybridized carbons (Fsp3) is 0.250. The third kappa shape index (κ3) is 3.54. The molecule has 3 amide bonds. The topological polar surface area (TPSA) is 88.8 Å². The van der Waals surface area contributed by atoms with Crippen LogP contribution in [0.3, 0.4) is 0 Å². The Morgan fingerprint density at radius 1 is 1.22 bits per heavy atom. The van der Waals surface area contributed by atoms with Gasteiger partial charge in [-0.3, -0.25) is 19.3 Å². The normalized spacial score (nSPS) is 19.1. The molecule has 0 aliphatic carbocycles. The van der Waals surface area contributed by atoms with E-state index in [0.29, 0.717) is 29.2 Å². The molecular weight excluding hydrogens is 348 g/mol. The summed E-state index contributed by atoms with van der Waals surface area (Å²) in [6.07, 6.45) is 6.08. The highest BCUT2D eigenvalue weighted by Crippen LogP contribution is 2.27. The number of imide groups is 1. The van der Waals surface area contributed by atoms with Crippen LogP contribution in [-0.4, -0.2) is 41.9 Å². The summed E-state index contributed by atoms with van der Waals surface area (Å²) >= 11 is 0. The zero-order valence-electron chi connectivity index (χ0n) is 14.5. The summed E-state index contributed by atoms with van der Waals surface area (Å²) in [5, 5.41) is 2.68. The summed E-state index contributed by atoms with van der Waals surface area (Å²) in [5.74, 6) is -0.474. The predicted octanol–water partition coefficient (Wildman–Crippen LogP) is 2.71. The number of furan rings is 1. The summed E-state index contributed by atoms with van der Waals surface area (Å²) in [5.41, 5.74) is 1.09. The van der Waals surface area contributed by atoms with E-state index < -0.39 is 0 Å². The number of benzene rings is 1. The molecule has 1 unspecified atom stereocenters. The van der Waals surface area contributed by atoms with Gasteiger partial charge in [0.2, 0.25) is 5.91 Å². The average Bonchev–Trinajstić information content (AvgIpc) is 3.40. The lowest BCUT2D eigenvalue weighted by Crippen LogP contribution is -2.36. The minimum Gasteiger partial charge on any atom is -0.465 e. The minimum atomic E-state index is -0.362. The average molecular weight is 366 g/mol. The first kappa shape index (κ1) is 17.2. The third-order valence-electron chi connectivity index (χ3n) is 4.59. The monoisotopic (exact) mass is 366 g/mol. The first-order valence-corrected chi connectivity index (χ1v) is 8.76. The van der Waals surface area contributed by atoms with E-state index in [-0.39, 0.29) is 30.4 Å². The van der Waals surface area contributed by atoms with Crippen LogP contribution < -0.4 is 5.32 Å². The highest BCUT2D eigenvalue weighted by atomic mass is 16.5. The molecule has 0 bridgehead atoms. The van der Waals surface area contributed by atoms with E-state index in [2.05, 4.69) is 5.32 Å². The molecule has 0 radical (unpaired) electrons. The van der Waals surface area contributed by atoms with Gasteiger partial charge in [-0.25, -0.2) is 0 Å². The summed E-state index contributed by atoms with van der Waals surface area (Å²) < 4.78 is 10.6. The van der Waals surface area contributed by atoms with Crippen LogP contribution >= 0.6 is 0 Å². The highest BCUT2D eigenvalue weighted by molar-refractivity contribution is 6.22. The maximum absolute atomic E-state index is 12.6. The Balaban J connectivity index is 1.46. The largest absolute Gasteiger partial charge is 0.465 e. The lowest BCUT2D eigenvalue weighted by molar-refractivity contribution is -0.111. The molecule has 1 saturated heterocycles. The molecule has 138 valence electrons. The molecule has 1 aromatic heterocycles. The predicted molar refractivity (Wildman–Crippen MR) is 97.2 cm³/mol. The van der Waals surface area contributed by atoms with Crippen molar-refractivity contribution in [3.05, 3.63) is 59.6 Å². The maximum Gasteiger partial charge on any atom is 0.261 e. The minimum absolute atomic E-state index is 0.0990. The van der Waals surface area contributed by atoms with Gasteiger partial charge in [0.15, 0.2) is 0 Å². The van der Waals surface area contributed by atoms with Gasteiger partial charge >= 0.3 is 0 Å². The summed E-state index contributed by atoms with van der Waals surface area (Å²) in [6.45, 7) is 0.926. The van der Waals surface area contributed by atoms with Gasteiger partial charge < -0.3 is 14.5 Å². The number of carbonyl (C=O) groups excluding carboxylic acids is 3. The van der Waals surface area contributed by atoms with Gasteiger partial charge in [0.05, 0.1) is 30.0 Å². The molecule has 4 rings (SSSR count). The number of hydrogen-bond acceptors (Lipinski definition) is 5. The number of fused-ring (bicyclic) bond motifs is 1. The fourth-order valence-corrected chi connectivity index (χ4v) is 3.25. The van der Waals surface area contributed by atoms with Gasteiger partial charge in [-0.15, -0.1) is 0 Å². The van der Waals surface area contributed by atoms with Gasteiger partial charge in [-0.1, -0.05) is 0 Å². The van der Waals surface area contributed by atoms with E-state index in [9.17, 15) is 14.4 Å². The fourth-order valence-electron chi connectivity index (χ4n) is 3.25. The number of rotatable bonds is 5. The summed E-state index contributed by atoms with van der Waals surface area (Å²) in [7, 11) is 0. The lowest BCUT2D eigenvalue weighted by Gasteiger charge is -2.17. The molecule has 7 heteroatoms. The van der Waals surface area contributed by atoms with Crippen molar-refractivity contribution in [1.29, 1.82) is 0 Å². The molecular formula is C20H18N2O5. The van der Waals surface area contributed by atoms with Crippen molar-refractivity contribution in [2.75, 3.05) is 18.5 Å². The number of anilines is 1. The molecule has 2 aromatic rings. The van der Waals surface area contributed by atoms with Crippen LogP contribution in [0, 0.1) is 0 Å². The second-order valence-corrected chi connectivity index (χ2v) is 6.45. The number of nitrogens with one attached hydrogen (secondary N) is 1. The first-order valence-electron chi connectivity index (χ1n) is 8.76. The van der Waals surface area contributed by atoms with Crippen LogP contribution in [0.2, 0.25) is 0 Å². The quantitative estimate of drug-likeness (QED) is 0.649. The molecule has 0 saturated carbocycles. The standard InChI is InChI=1S/C20H18N2O5/c23-18(8-6-14-3-1-9-26-14)21-13-5-7-16-17(11-13)20(25)22(19(16)24)12-15-4-2-10-27-15/h1,3,5-9,11,15H,2,4,10,12H2,(H,21,23)/b8-6+. The van der Waals surface area contributed by atoms with Gasteiger partial charge in [0.25, 0.3) is 11.8 Å². The Labute approximate surface area is 155 Å². The molecule has 2 aliphatic rings. The van der Waals surface area contributed by atoms with Gasteiger partial charge in [-0.2, -0.15) is 0 Å². The Bertz CT molecular complexity index is 910. The molecule has 1 atom stereocenters. The SMILES string of the molecule is O=C(/C=C/c1ccco1)Nc1ccc2c(c1)C(=O)N(CC1CCCO1)C2=O. The molecule has 2 aliphatic heterocycles. The Kier molecular flexibility index (Phi) is 4.60. The van der Waals surface area contributed by atoms with Crippen molar-refractivity contribution >= 4 is 29.5 Å². The molecule has 1 N–H and O–H groups in total. The smallest absolute Gasteiger partial charge is 0.261 e. The zero-order valence-corrected chi connectivity index (χ0v) is 14.5. The van der Waals surface area contributed by atoms with Crippen molar-refractivity contribution in [3.8, 4) is 0 Å². The van der Waals surface area contributed by atoms with Crippen LogP contribution in [0.1, 0.15) is 39.3 Å². The first-order chi connectivity index (χ1) is 13.1. The van der Waals surface area contributed by atoms with Crippen molar-refractivity contribution in [3.63, 3.8) is 0 Å². The van der Waals surface area contributed by atoms with E-state index in [1.807, 2.05) is 0 Å². The maximum atomic E-state index is 12.6. The second kappa shape index (κ2) is 7.20. The van der Waals surface area contributed by atoms with Crippen LogP contribution in [0.4, 0.5) is 5.69 Å². The number of carbonyl (C=O) groups is 3. The van der Waals surface area contributed by atoms with E-state index in [1.165, 1.54) is 23.3 Å². The second-order valence-electron chi connectivity index (χ2n) is 6.45. The summed E-state index contributed by atoms with van der Waals surface area (Å²) in [4.78, 5) is 38.4. The van der Waals surface area contributed by atoms with Crippen LogP contribution in [-0.2, 0) is 9.53 Å².